The Kier molecular flexibility index (Phi) is 5.65. The van der Waals surface area contributed by atoms with Crippen LogP contribution in [0.25, 0.3) is 10.9 Å². The SMILES string of the molecule is O=C(Cc1c[nH]c2ccccc12)NCCN1CCC(O)(c2ccc(F)cc2)CC1. The largest absolute Gasteiger partial charge is 0.385 e. The lowest BCUT2D eigenvalue weighted by Crippen LogP contribution is -2.45. The van der Waals surface area contributed by atoms with Gasteiger partial charge in [0.05, 0.1) is 12.0 Å². The average Bonchev–Trinajstić information content (AvgIpc) is 3.13. The van der Waals surface area contributed by atoms with Crippen molar-refractivity contribution in [1.82, 2.24) is 15.2 Å². The summed E-state index contributed by atoms with van der Waals surface area (Å²) in [4.78, 5) is 17.7. The number of amides is 1. The van der Waals surface area contributed by atoms with E-state index in [0.29, 0.717) is 25.8 Å². The number of fused-ring (bicyclic) bond motifs is 1. The molecule has 3 aromatic rings. The van der Waals surface area contributed by atoms with Gasteiger partial charge < -0.3 is 20.3 Å². The average molecular weight is 395 g/mol. The van der Waals surface area contributed by atoms with Crippen LogP contribution >= 0.6 is 0 Å². The number of aliphatic hydroxyl groups is 1. The molecule has 0 aliphatic carbocycles. The van der Waals surface area contributed by atoms with Gasteiger partial charge in [-0.1, -0.05) is 30.3 Å². The molecule has 152 valence electrons. The molecule has 3 N–H and O–H groups in total. The summed E-state index contributed by atoms with van der Waals surface area (Å²) in [5.41, 5.74) is 1.91. The first-order valence-electron chi connectivity index (χ1n) is 10.1. The van der Waals surface area contributed by atoms with E-state index >= 15 is 0 Å². The summed E-state index contributed by atoms with van der Waals surface area (Å²) >= 11 is 0. The van der Waals surface area contributed by atoms with Gasteiger partial charge in [0.2, 0.25) is 5.91 Å². The Morgan fingerprint density at radius 2 is 1.86 bits per heavy atom. The number of hydrogen-bond acceptors (Lipinski definition) is 3. The molecule has 0 bridgehead atoms. The van der Waals surface area contributed by atoms with E-state index < -0.39 is 5.60 Å². The van der Waals surface area contributed by atoms with Crippen LogP contribution in [0.5, 0.6) is 0 Å². The third kappa shape index (κ3) is 4.49. The molecule has 4 rings (SSSR count). The van der Waals surface area contributed by atoms with Crippen LogP contribution in [0, 0.1) is 5.82 Å². The van der Waals surface area contributed by atoms with Gasteiger partial charge in [0.1, 0.15) is 5.82 Å². The van der Waals surface area contributed by atoms with E-state index in [1.807, 2.05) is 30.5 Å². The van der Waals surface area contributed by atoms with Crippen LogP contribution in [0.1, 0.15) is 24.0 Å². The van der Waals surface area contributed by atoms with Crippen molar-refractivity contribution in [1.29, 1.82) is 0 Å². The van der Waals surface area contributed by atoms with Crippen LogP contribution in [0.2, 0.25) is 0 Å². The lowest BCUT2D eigenvalue weighted by molar-refractivity contribution is -0.120. The molecule has 6 heteroatoms. The Bertz CT molecular complexity index is 975. The Morgan fingerprint density at radius 1 is 1.14 bits per heavy atom. The quantitative estimate of drug-likeness (QED) is 0.601. The molecule has 0 atom stereocenters. The fourth-order valence-corrected chi connectivity index (χ4v) is 4.06. The molecular formula is C23H26FN3O2. The molecule has 1 fully saturated rings. The number of benzene rings is 2. The van der Waals surface area contributed by atoms with Gasteiger partial charge in [-0.2, -0.15) is 0 Å². The topological polar surface area (TPSA) is 68.4 Å². The molecule has 5 nitrogen and oxygen atoms in total. The van der Waals surface area contributed by atoms with Gasteiger partial charge in [-0.25, -0.2) is 4.39 Å². The first-order chi connectivity index (χ1) is 14.0. The van der Waals surface area contributed by atoms with E-state index in [-0.39, 0.29) is 11.7 Å². The predicted molar refractivity (Wildman–Crippen MR) is 111 cm³/mol. The molecule has 1 aliphatic rings. The monoisotopic (exact) mass is 395 g/mol. The number of aromatic amines is 1. The fourth-order valence-electron chi connectivity index (χ4n) is 4.06. The summed E-state index contributed by atoms with van der Waals surface area (Å²) < 4.78 is 13.1. The zero-order valence-corrected chi connectivity index (χ0v) is 16.3. The van der Waals surface area contributed by atoms with Crippen LogP contribution in [-0.4, -0.2) is 47.1 Å². The zero-order valence-electron chi connectivity index (χ0n) is 16.3. The maximum Gasteiger partial charge on any atom is 0.224 e. The van der Waals surface area contributed by atoms with Crippen molar-refractivity contribution in [2.45, 2.75) is 24.9 Å². The van der Waals surface area contributed by atoms with Crippen molar-refractivity contribution < 1.29 is 14.3 Å². The number of para-hydroxylation sites is 1. The van der Waals surface area contributed by atoms with E-state index in [0.717, 1.165) is 41.7 Å². The number of nitrogens with zero attached hydrogens (tertiary/aromatic N) is 1. The molecule has 0 saturated carbocycles. The Morgan fingerprint density at radius 3 is 2.62 bits per heavy atom. The van der Waals surface area contributed by atoms with Gasteiger partial charge in [0.15, 0.2) is 0 Å². The van der Waals surface area contributed by atoms with Crippen molar-refractivity contribution >= 4 is 16.8 Å². The van der Waals surface area contributed by atoms with Crippen LogP contribution in [-0.2, 0) is 16.8 Å². The highest BCUT2D eigenvalue weighted by molar-refractivity contribution is 5.88. The summed E-state index contributed by atoms with van der Waals surface area (Å²) in [5, 5.41) is 14.9. The normalized spacial score (nSPS) is 16.8. The third-order valence-corrected chi connectivity index (χ3v) is 5.84. The first kappa shape index (κ1) is 19.6. The predicted octanol–water partition coefficient (Wildman–Crippen LogP) is 2.95. The van der Waals surface area contributed by atoms with Gasteiger partial charge >= 0.3 is 0 Å². The molecule has 1 aliphatic heterocycles. The van der Waals surface area contributed by atoms with Gasteiger partial charge in [-0.15, -0.1) is 0 Å². The number of halogens is 1. The third-order valence-electron chi connectivity index (χ3n) is 5.84. The molecule has 1 saturated heterocycles. The lowest BCUT2D eigenvalue weighted by Gasteiger charge is -2.38. The van der Waals surface area contributed by atoms with Crippen LogP contribution < -0.4 is 5.32 Å². The maximum absolute atomic E-state index is 13.1. The zero-order chi connectivity index (χ0) is 20.3. The van der Waals surface area contributed by atoms with E-state index in [4.69, 9.17) is 0 Å². The minimum Gasteiger partial charge on any atom is -0.385 e. The van der Waals surface area contributed by atoms with E-state index in [2.05, 4.69) is 15.2 Å². The van der Waals surface area contributed by atoms with Crippen molar-refractivity contribution in [2.24, 2.45) is 0 Å². The molecule has 1 aromatic heterocycles. The number of aromatic nitrogens is 1. The number of hydrogen-bond donors (Lipinski definition) is 3. The molecule has 2 heterocycles. The van der Waals surface area contributed by atoms with Crippen molar-refractivity contribution in [3.8, 4) is 0 Å². The summed E-state index contributed by atoms with van der Waals surface area (Å²) in [6, 6.07) is 14.1. The highest BCUT2D eigenvalue weighted by Gasteiger charge is 2.33. The number of likely N-dealkylation sites (tertiary alicyclic amines) is 1. The molecule has 0 radical (unpaired) electrons. The number of carbonyl (C=O) groups is 1. The second-order valence-corrected chi connectivity index (χ2v) is 7.77. The molecular weight excluding hydrogens is 369 g/mol. The summed E-state index contributed by atoms with van der Waals surface area (Å²) in [7, 11) is 0. The molecule has 0 spiro atoms. The van der Waals surface area contributed by atoms with Crippen molar-refractivity contribution in [3.63, 3.8) is 0 Å². The van der Waals surface area contributed by atoms with Crippen LogP contribution in [0.4, 0.5) is 4.39 Å². The maximum atomic E-state index is 13.1. The summed E-state index contributed by atoms with van der Waals surface area (Å²) in [6.07, 6.45) is 3.45. The molecule has 1 amide bonds. The van der Waals surface area contributed by atoms with Gasteiger partial charge in [-0.05, 0) is 42.2 Å². The molecule has 2 aromatic carbocycles. The Labute approximate surface area is 169 Å². The van der Waals surface area contributed by atoms with E-state index in [1.54, 1.807) is 12.1 Å². The van der Waals surface area contributed by atoms with Gasteiger partial charge in [0.25, 0.3) is 0 Å². The summed E-state index contributed by atoms with van der Waals surface area (Å²) in [5.74, 6) is -0.284. The van der Waals surface area contributed by atoms with Gasteiger partial charge in [-0.3, -0.25) is 4.79 Å². The standard InChI is InChI=1S/C23H26FN3O2/c24-19-7-5-18(6-8-19)23(29)9-12-27(13-10-23)14-11-25-22(28)15-17-16-26-21-4-2-1-3-20(17)21/h1-8,16,26,29H,9-15H2,(H,25,28). The number of H-pyrrole nitrogens is 1. The number of piperidine rings is 1. The molecule has 0 unspecified atom stereocenters. The molecule has 29 heavy (non-hydrogen) atoms. The van der Waals surface area contributed by atoms with E-state index in [9.17, 15) is 14.3 Å². The fraction of sp³-hybridized carbons (Fsp3) is 0.348. The minimum absolute atomic E-state index is 0.00887. The highest BCUT2D eigenvalue weighted by Crippen LogP contribution is 2.32. The second kappa shape index (κ2) is 8.35. The van der Waals surface area contributed by atoms with Gasteiger partial charge in [0, 0.05) is 43.3 Å². The van der Waals surface area contributed by atoms with E-state index in [1.165, 1.54) is 12.1 Å². The van der Waals surface area contributed by atoms with Crippen LogP contribution in [0.3, 0.4) is 0 Å². The lowest BCUT2D eigenvalue weighted by atomic mass is 9.84. The number of rotatable bonds is 6. The first-order valence-corrected chi connectivity index (χ1v) is 10.1. The number of carbonyl (C=O) groups excluding carboxylic acids is 1. The number of nitrogens with one attached hydrogen (secondary N) is 2. The van der Waals surface area contributed by atoms with Crippen LogP contribution in [0.15, 0.2) is 54.7 Å². The highest BCUT2D eigenvalue weighted by atomic mass is 19.1. The van der Waals surface area contributed by atoms with Crippen molar-refractivity contribution in [2.75, 3.05) is 26.2 Å². The Hall–Kier alpha value is -2.70. The minimum atomic E-state index is -0.900. The smallest absolute Gasteiger partial charge is 0.224 e. The second-order valence-electron chi connectivity index (χ2n) is 7.77. The summed E-state index contributed by atoms with van der Waals surface area (Å²) in [6.45, 7) is 2.81. The van der Waals surface area contributed by atoms with Crippen molar-refractivity contribution in [3.05, 3.63) is 71.7 Å². The Balaban J connectivity index is 1.22.